The Balaban J connectivity index is 1.41. The molecule has 1 aromatic heterocycles. The van der Waals surface area contributed by atoms with Crippen molar-refractivity contribution in [3.05, 3.63) is 30.1 Å². The van der Waals surface area contributed by atoms with Crippen molar-refractivity contribution >= 4 is 17.1 Å². The van der Waals surface area contributed by atoms with Crippen molar-refractivity contribution in [2.75, 3.05) is 26.2 Å². The summed E-state index contributed by atoms with van der Waals surface area (Å²) in [7, 11) is 0. The van der Waals surface area contributed by atoms with Crippen molar-refractivity contribution in [2.24, 2.45) is 5.92 Å². The molecule has 118 valence electrons. The molecule has 0 radical (unpaired) electrons. The molecule has 1 atom stereocenters. The van der Waals surface area contributed by atoms with Crippen LogP contribution in [0.2, 0.25) is 0 Å². The van der Waals surface area contributed by atoms with E-state index < -0.39 is 0 Å². The van der Waals surface area contributed by atoms with Gasteiger partial charge < -0.3 is 20.3 Å². The number of aromatic nitrogens is 2. The SMILES string of the molecule is O=C(NCCCc1nc2ccccc2[nH]1)N1CC[C@H](CO)C1. The number of nitrogens with zero attached hydrogens (tertiary/aromatic N) is 2. The molecule has 0 bridgehead atoms. The third-order valence-electron chi connectivity index (χ3n) is 4.14. The molecule has 1 aliphatic rings. The number of aromatic amines is 1. The van der Waals surface area contributed by atoms with Gasteiger partial charge in [-0.2, -0.15) is 0 Å². The molecule has 6 heteroatoms. The van der Waals surface area contributed by atoms with E-state index in [-0.39, 0.29) is 18.6 Å². The average Bonchev–Trinajstić information content (AvgIpc) is 3.17. The Morgan fingerprint density at radius 1 is 1.45 bits per heavy atom. The number of carbonyl (C=O) groups is 1. The van der Waals surface area contributed by atoms with Crippen LogP contribution < -0.4 is 5.32 Å². The lowest BCUT2D eigenvalue weighted by Gasteiger charge is -2.16. The molecule has 1 aliphatic heterocycles. The van der Waals surface area contributed by atoms with Crippen LogP contribution in [0.3, 0.4) is 0 Å². The van der Waals surface area contributed by atoms with Gasteiger partial charge >= 0.3 is 6.03 Å². The van der Waals surface area contributed by atoms with E-state index in [2.05, 4.69) is 15.3 Å². The van der Waals surface area contributed by atoms with Crippen molar-refractivity contribution < 1.29 is 9.90 Å². The molecule has 2 aromatic rings. The number of H-pyrrole nitrogens is 1. The van der Waals surface area contributed by atoms with E-state index in [1.807, 2.05) is 24.3 Å². The first kappa shape index (κ1) is 14.8. The number of nitrogens with one attached hydrogen (secondary N) is 2. The number of hydrogen-bond donors (Lipinski definition) is 3. The monoisotopic (exact) mass is 302 g/mol. The van der Waals surface area contributed by atoms with Crippen LogP contribution >= 0.6 is 0 Å². The van der Waals surface area contributed by atoms with Gasteiger partial charge in [0, 0.05) is 38.6 Å². The van der Waals surface area contributed by atoms with Crippen molar-refractivity contribution in [3.63, 3.8) is 0 Å². The number of amides is 2. The lowest BCUT2D eigenvalue weighted by molar-refractivity contribution is 0.198. The van der Waals surface area contributed by atoms with Crippen molar-refractivity contribution in [1.29, 1.82) is 0 Å². The Labute approximate surface area is 129 Å². The van der Waals surface area contributed by atoms with Crippen molar-refractivity contribution in [1.82, 2.24) is 20.2 Å². The summed E-state index contributed by atoms with van der Waals surface area (Å²) in [5, 5.41) is 12.0. The maximum Gasteiger partial charge on any atom is 0.317 e. The maximum absolute atomic E-state index is 12.0. The van der Waals surface area contributed by atoms with E-state index >= 15 is 0 Å². The van der Waals surface area contributed by atoms with Crippen molar-refractivity contribution in [2.45, 2.75) is 19.3 Å². The first-order chi connectivity index (χ1) is 10.8. The second-order valence-corrected chi connectivity index (χ2v) is 5.82. The predicted molar refractivity (Wildman–Crippen MR) is 84.6 cm³/mol. The number of benzene rings is 1. The molecule has 0 unspecified atom stereocenters. The van der Waals surface area contributed by atoms with Crippen LogP contribution in [0.1, 0.15) is 18.7 Å². The van der Waals surface area contributed by atoms with Gasteiger partial charge in [0.05, 0.1) is 11.0 Å². The molecule has 3 N–H and O–H groups in total. The number of urea groups is 1. The normalized spacial score (nSPS) is 18.0. The first-order valence-corrected chi connectivity index (χ1v) is 7.83. The van der Waals surface area contributed by atoms with Crippen LogP contribution in [0.4, 0.5) is 4.79 Å². The third kappa shape index (κ3) is 3.39. The molecule has 6 nitrogen and oxygen atoms in total. The molecule has 2 amide bonds. The second-order valence-electron chi connectivity index (χ2n) is 5.82. The minimum Gasteiger partial charge on any atom is -0.396 e. The summed E-state index contributed by atoms with van der Waals surface area (Å²) in [4.78, 5) is 21.6. The quantitative estimate of drug-likeness (QED) is 0.732. The van der Waals surface area contributed by atoms with Crippen LogP contribution in [0, 0.1) is 5.92 Å². The largest absolute Gasteiger partial charge is 0.396 e. The van der Waals surface area contributed by atoms with Gasteiger partial charge in [-0.1, -0.05) is 12.1 Å². The fourth-order valence-electron chi connectivity index (χ4n) is 2.85. The fourth-order valence-corrected chi connectivity index (χ4v) is 2.85. The molecule has 1 saturated heterocycles. The molecule has 2 heterocycles. The lowest BCUT2D eigenvalue weighted by Crippen LogP contribution is -2.39. The summed E-state index contributed by atoms with van der Waals surface area (Å²) in [5.74, 6) is 1.19. The maximum atomic E-state index is 12.0. The van der Waals surface area contributed by atoms with Crippen LogP contribution in [0.25, 0.3) is 11.0 Å². The second kappa shape index (κ2) is 6.79. The molecular weight excluding hydrogens is 280 g/mol. The zero-order valence-corrected chi connectivity index (χ0v) is 12.6. The minimum absolute atomic E-state index is 0.0273. The Kier molecular flexibility index (Phi) is 4.58. The van der Waals surface area contributed by atoms with Gasteiger partial charge in [-0.05, 0) is 25.0 Å². The van der Waals surface area contributed by atoms with Gasteiger partial charge in [0.2, 0.25) is 0 Å². The minimum atomic E-state index is -0.0273. The van der Waals surface area contributed by atoms with E-state index in [9.17, 15) is 4.79 Å². The topological polar surface area (TPSA) is 81.2 Å². The molecule has 0 saturated carbocycles. The molecular formula is C16H22N4O2. The molecule has 0 spiro atoms. The number of likely N-dealkylation sites (tertiary alicyclic amines) is 1. The first-order valence-electron chi connectivity index (χ1n) is 7.83. The lowest BCUT2D eigenvalue weighted by atomic mass is 10.1. The summed E-state index contributed by atoms with van der Waals surface area (Å²) < 4.78 is 0. The van der Waals surface area contributed by atoms with Crippen LogP contribution in [0.15, 0.2) is 24.3 Å². The van der Waals surface area contributed by atoms with Gasteiger partial charge in [0.15, 0.2) is 0 Å². The number of aryl methyl sites for hydroxylation is 1. The van der Waals surface area contributed by atoms with Gasteiger partial charge in [-0.25, -0.2) is 9.78 Å². The highest BCUT2D eigenvalue weighted by molar-refractivity contribution is 5.75. The summed E-state index contributed by atoms with van der Waals surface area (Å²) >= 11 is 0. The Hall–Kier alpha value is -2.08. The number of para-hydroxylation sites is 2. The Morgan fingerprint density at radius 2 is 2.32 bits per heavy atom. The van der Waals surface area contributed by atoms with E-state index in [0.29, 0.717) is 13.1 Å². The number of imidazole rings is 1. The molecule has 1 aromatic carbocycles. The van der Waals surface area contributed by atoms with Gasteiger partial charge in [-0.15, -0.1) is 0 Å². The van der Waals surface area contributed by atoms with E-state index in [0.717, 1.165) is 42.7 Å². The number of aliphatic hydroxyl groups is 1. The van der Waals surface area contributed by atoms with Crippen molar-refractivity contribution in [3.8, 4) is 0 Å². The standard InChI is InChI=1S/C16H22N4O2/c21-11-12-7-9-20(10-12)16(22)17-8-3-6-15-18-13-4-1-2-5-14(13)19-15/h1-2,4-5,12,21H,3,6-11H2,(H,17,22)(H,18,19)/t12-/m0/s1. The zero-order valence-electron chi connectivity index (χ0n) is 12.6. The van der Waals surface area contributed by atoms with E-state index in [4.69, 9.17) is 5.11 Å². The third-order valence-corrected chi connectivity index (χ3v) is 4.14. The fraction of sp³-hybridized carbons (Fsp3) is 0.500. The highest BCUT2D eigenvalue weighted by Crippen LogP contribution is 2.15. The van der Waals surface area contributed by atoms with E-state index in [1.165, 1.54) is 0 Å². The van der Waals surface area contributed by atoms with Crippen LogP contribution in [-0.2, 0) is 6.42 Å². The summed E-state index contributed by atoms with van der Waals surface area (Å²) in [6, 6.07) is 7.93. The zero-order chi connectivity index (χ0) is 15.4. The summed E-state index contributed by atoms with van der Waals surface area (Å²) in [6.45, 7) is 2.19. The number of aliphatic hydroxyl groups excluding tert-OH is 1. The number of carbonyl (C=O) groups excluding carboxylic acids is 1. The highest BCUT2D eigenvalue weighted by Gasteiger charge is 2.25. The number of rotatable bonds is 5. The smallest absolute Gasteiger partial charge is 0.317 e. The predicted octanol–water partition coefficient (Wildman–Crippen LogP) is 1.52. The molecule has 0 aliphatic carbocycles. The molecule has 1 fully saturated rings. The average molecular weight is 302 g/mol. The Morgan fingerprint density at radius 3 is 3.09 bits per heavy atom. The highest BCUT2D eigenvalue weighted by atomic mass is 16.3. The molecule has 22 heavy (non-hydrogen) atoms. The van der Waals surface area contributed by atoms with Crippen LogP contribution in [0.5, 0.6) is 0 Å². The van der Waals surface area contributed by atoms with Gasteiger partial charge in [0.25, 0.3) is 0 Å². The Bertz CT molecular complexity index is 607. The number of hydrogen-bond acceptors (Lipinski definition) is 3. The van der Waals surface area contributed by atoms with Crippen LogP contribution in [-0.4, -0.2) is 52.2 Å². The van der Waals surface area contributed by atoms with Gasteiger partial charge in [-0.3, -0.25) is 0 Å². The van der Waals surface area contributed by atoms with E-state index in [1.54, 1.807) is 4.90 Å². The summed E-state index contributed by atoms with van der Waals surface area (Å²) in [6.07, 6.45) is 2.56. The molecule has 3 rings (SSSR count). The summed E-state index contributed by atoms with van der Waals surface area (Å²) in [5.41, 5.74) is 2.03. The number of fused-ring (bicyclic) bond motifs is 1. The van der Waals surface area contributed by atoms with Gasteiger partial charge in [0.1, 0.15) is 5.82 Å².